The van der Waals surface area contributed by atoms with Gasteiger partial charge in [-0.25, -0.2) is 9.97 Å². The normalized spacial score (nSPS) is 11.3. The van der Waals surface area contributed by atoms with Crippen molar-refractivity contribution in [2.24, 2.45) is 0 Å². The van der Waals surface area contributed by atoms with E-state index in [9.17, 15) is 9.59 Å². The molecule has 1 N–H and O–H groups in total. The van der Waals surface area contributed by atoms with E-state index in [4.69, 9.17) is 4.98 Å². The SMILES string of the molecule is CCc1ccc(NC(=O)Cn2cnc3c(sc4nc(-c5cccs5)ccc43)c2=O)cc1. The second-order valence-electron chi connectivity index (χ2n) is 7.08. The fourth-order valence-corrected chi connectivity index (χ4v) is 5.17. The molecule has 154 valence electrons. The minimum Gasteiger partial charge on any atom is -0.325 e. The molecule has 8 heteroatoms. The minimum absolute atomic E-state index is 0.0978. The van der Waals surface area contributed by atoms with Crippen molar-refractivity contribution in [1.29, 1.82) is 0 Å². The van der Waals surface area contributed by atoms with Crippen LogP contribution in [0.3, 0.4) is 0 Å². The Morgan fingerprint density at radius 1 is 1.13 bits per heavy atom. The van der Waals surface area contributed by atoms with Crippen molar-refractivity contribution in [1.82, 2.24) is 14.5 Å². The van der Waals surface area contributed by atoms with Crippen molar-refractivity contribution in [3.63, 3.8) is 0 Å². The molecule has 0 saturated carbocycles. The summed E-state index contributed by atoms with van der Waals surface area (Å²) in [5.41, 5.74) is 3.17. The van der Waals surface area contributed by atoms with Crippen LogP contribution in [0, 0.1) is 0 Å². The minimum atomic E-state index is -0.272. The van der Waals surface area contributed by atoms with E-state index >= 15 is 0 Å². The van der Waals surface area contributed by atoms with Crippen LogP contribution in [0.4, 0.5) is 5.69 Å². The second-order valence-corrected chi connectivity index (χ2v) is 9.03. The number of anilines is 1. The first-order valence-corrected chi connectivity index (χ1v) is 11.5. The van der Waals surface area contributed by atoms with Gasteiger partial charge in [-0.2, -0.15) is 0 Å². The maximum absolute atomic E-state index is 13.0. The van der Waals surface area contributed by atoms with Crippen LogP contribution in [-0.4, -0.2) is 20.4 Å². The lowest BCUT2D eigenvalue weighted by atomic mass is 10.1. The third-order valence-corrected chi connectivity index (χ3v) is 7.01. The van der Waals surface area contributed by atoms with Crippen LogP contribution in [0.5, 0.6) is 0 Å². The van der Waals surface area contributed by atoms with Gasteiger partial charge in [0.15, 0.2) is 0 Å². The number of nitrogens with zero attached hydrogens (tertiary/aromatic N) is 3. The molecule has 5 aromatic rings. The molecule has 0 fully saturated rings. The van der Waals surface area contributed by atoms with E-state index in [2.05, 4.69) is 17.2 Å². The highest BCUT2D eigenvalue weighted by Gasteiger charge is 2.15. The van der Waals surface area contributed by atoms with Crippen molar-refractivity contribution in [2.45, 2.75) is 19.9 Å². The summed E-state index contributed by atoms with van der Waals surface area (Å²) in [6.07, 6.45) is 2.37. The van der Waals surface area contributed by atoms with Gasteiger partial charge in [-0.05, 0) is 47.7 Å². The number of pyridine rings is 1. The molecule has 0 radical (unpaired) electrons. The molecular formula is C23H18N4O2S2. The van der Waals surface area contributed by atoms with Crippen molar-refractivity contribution in [3.8, 4) is 10.6 Å². The van der Waals surface area contributed by atoms with E-state index < -0.39 is 0 Å². The maximum Gasteiger partial charge on any atom is 0.271 e. The van der Waals surface area contributed by atoms with Gasteiger partial charge in [0.1, 0.15) is 16.1 Å². The molecular weight excluding hydrogens is 428 g/mol. The number of carbonyl (C=O) groups is 1. The van der Waals surface area contributed by atoms with Gasteiger partial charge < -0.3 is 5.32 Å². The number of hydrogen-bond donors (Lipinski definition) is 1. The van der Waals surface area contributed by atoms with Gasteiger partial charge in [0.25, 0.3) is 5.56 Å². The third kappa shape index (κ3) is 3.75. The molecule has 31 heavy (non-hydrogen) atoms. The monoisotopic (exact) mass is 446 g/mol. The Morgan fingerprint density at radius 3 is 2.71 bits per heavy atom. The summed E-state index contributed by atoms with van der Waals surface area (Å²) in [4.78, 5) is 36.5. The lowest BCUT2D eigenvalue weighted by molar-refractivity contribution is -0.116. The predicted molar refractivity (Wildman–Crippen MR) is 127 cm³/mol. The lowest BCUT2D eigenvalue weighted by Gasteiger charge is -2.07. The van der Waals surface area contributed by atoms with Crippen LogP contribution in [0.2, 0.25) is 0 Å². The molecule has 0 spiro atoms. The van der Waals surface area contributed by atoms with E-state index in [1.54, 1.807) is 11.3 Å². The highest BCUT2D eigenvalue weighted by molar-refractivity contribution is 7.25. The predicted octanol–water partition coefficient (Wildman–Crippen LogP) is 4.94. The molecule has 6 nitrogen and oxygen atoms in total. The van der Waals surface area contributed by atoms with Gasteiger partial charge in [-0.1, -0.05) is 25.1 Å². The molecule has 4 aromatic heterocycles. The first-order valence-electron chi connectivity index (χ1n) is 9.83. The Bertz CT molecular complexity index is 1450. The third-order valence-electron chi connectivity index (χ3n) is 5.04. The number of fused-ring (bicyclic) bond motifs is 3. The number of carbonyl (C=O) groups excluding carboxylic acids is 1. The van der Waals surface area contributed by atoms with E-state index in [1.165, 1.54) is 27.8 Å². The average Bonchev–Trinajstić information content (AvgIpc) is 3.44. The average molecular weight is 447 g/mol. The van der Waals surface area contributed by atoms with Gasteiger partial charge in [-0.15, -0.1) is 22.7 Å². The first-order chi connectivity index (χ1) is 15.1. The Morgan fingerprint density at radius 2 is 1.97 bits per heavy atom. The Hall–Kier alpha value is -3.36. The summed E-state index contributed by atoms with van der Waals surface area (Å²) >= 11 is 2.94. The number of amides is 1. The molecule has 0 bridgehead atoms. The zero-order chi connectivity index (χ0) is 21.4. The molecule has 0 aliphatic heterocycles. The molecule has 0 atom stereocenters. The van der Waals surface area contributed by atoms with Gasteiger partial charge in [0.2, 0.25) is 5.91 Å². The Kier molecular flexibility index (Phi) is 5.09. The lowest BCUT2D eigenvalue weighted by Crippen LogP contribution is -2.27. The zero-order valence-corrected chi connectivity index (χ0v) is 18.3. The van der Waals surface area contributed by atoms with Gasteiger partial charge in [0.05, 0.1) is 22.4 Å². The van der Waals surface area contributed by atoms with E-state index in [1.807, 2.05) is 53.9 Å². The summed E-state index contributed by atoms with van der Waals surface area (Å²) in [6.45, 7) is 1.98. The highest BCUT2D eigenvalue weighted by Crippen LogP contribution is 2.32. The summed E-state index contributed by atoms with van der Waals surface area (Å²) in [6, 6.07) is 15.6. The van der Waals surface area contributed by atoms with Crippen LogP contribution < -0.4 is 10.9 Å². The topological polar surface area (TPSA) is 76.9 Å². The number of thiophene rings is 2. The molecule has 0 saturated heterocycles. The molecule has 1 amide bonds. The fourth-order valence-electron chi connectivity index (χ4n) is 3.40. The van der Waals surface area contributed by atoms with E-state index in [0.717, 1.165) is 27.2 Å². The Balaban J connectivity index is 1.44. The Labute approximate surface area is 185 Å². The smallest absolute Gasteiger partial charge is 0.271 e. The summed E-state index contributed by atoms with van der Waals surface area (Å²) in [5.74, 6) is -0.272. The second kappa shape index (κ2) is 8.05. The van der Waals surface area contributed by atoms with Gasteiger partial charge in [0, 0.05) is 11.1 Å². The molecule has 1 aromatic carbocycles. The summed E-state index contributed by atoms with van der Waals surface area (Å²) in [7, 11) is 0. The number of rotatable bonds is 5. The molecule has 4 heterocycles. The summed E-state index contributed by atoms with van der Waals surface area (Å²) < 4.78 is 1.85. The van der Waals surface area contributed by atoms with Crippen LogP contribution >= 0.6 is 22.7 Å². The van der Waals surface area contributed by atoms with E-state index in [-0.39, 0.29) is 18.0 Å². The molecule has 0 unspecified atom stereocenters. The molecule has 0 aliphatic rings. The van der Waals surface area contributed by atoms with Crippen LogP contribution in [0.1, 0.15) is 12.5 Å². The van der Waals surface area contributed by atoms with E-state index in [0.29, 0.717) is 15.9 Å². The van der Waals surface area contributed by atoms with Crippen LogP contribution in [0.25, 0.3) is 31.0 Å². The van der Waals surface area contributed by atoms with Crippen molar-refractivity contribution < 1.29 is 4.79 Å². The van der Waals surface area contributed by atoms with Crippen molar-refractivity contribution in [3.05, 3.63) is 76.2 Å². The number of benzene rings is 1. The molecule has 5 rings (SSSR count). The van der Waals surface area contributed by atoms with Crippen LogP contribution in [0.15, 0.2) is 65.0 Å². The highest BCUT2D eigenvalue weighted by atomic mass is 32.1. The number of hydrogen-bond acceptors (Lipinski definition) is 6. The first kappa shape index (κ1) is 19.6. The number of aryl methyl sites for hydroxylation is 1. The fraction of sp³-hybridized carbons (Fsp3) is 0.130. The standard InChI is InChI=1S/C23H18N4O2S2/c1-2-14-5-7-15(8-6-14)25-19(28)12-27-13-24-20-16-9-10-17(18-4-3-11-30-18)26-22(16)31-21(20)23(27)29/h3-11,13H,2,12H2,1H3,(H,25,28). The van der Waals surface area contributed by atoms with Gasteiger partial charge in [-0.3, -0.25) is 14.2 Å². The molecule has 0 aliphatic carbocycles. The van der Waals surface area contributed by atoms with Crippen molar-refractivity contribution >= 4 is 54.7 Å². The quantitative estimate of drug-likeness (QED) is 0.415. The number of aromatic nitrogens is 3. The summed E-state index contributed by atoms with van der Waals surface area (Å²) in [5, 5.41) is 5.69. The zero-order valence-electron chi connectivity index (χ0n) is 16.7. The maximum atomic E-state index is 13.0. The van der Waals surface area contributed by atoms with Gasteiger partial charge >= 0.3 is 0 Å². The largest absolute Gasteiger partial charge is 0.325 e. The van der Waals surface area contributed by atoms with Crippen molar-refractivity contribution in [2.75, 3.05) is 5.32 Å². The number of nitrogens with one attached hydrogen (secondary N) is 1. The van der Waals surface area contributed by atoms with Crippen LogP contribution in [-0.2, 0) is 17.8 Å².